The molecule has 0 heterocycles. The zero-order chi connectivity index (χ0) is 15.4. The fourth-order valence-corrected chi connectivity index (χ4v) is 1.47. The third-order valence-corrected chi connectivity index (χ3v) is 2.49. The van der Waals surface area contributed by atoms with Crippen LogP contribution in [0.2, 0.25) is 0 Å². The fraction of sp³-hybridized carbons (Fsp3) is 0.250. The van der Waals surface area contributed by atoms with Crippen LogP contribution in [-0.4, -0.2) is 15.8 Å². The molecule has 0 amide bonds. The molecule has 1 unspecified atom stereocenters. The molecule has 20 heavy (non-hydrogen) atoms. The van der Waals surface area contributed by atoms with Gasteiger partial charge in [-0.3, -0.25) is 20.2 Å². The number of non-ortho nitro benzene ring substituents is 1. The number of carbonyl (C=O) groups is 1. The first-order valence-electron chi connectivity index (χ1n) is 5.53. The summed E-state index contributed by atoms with van der Waals surface area (Å²) in [6.45, 7) is 6.21. The molecular formula is C12H12N2O6. The van der Waals surface area contributed by atoms with E-state index in [1.807, 2.05) is 0 Å². The van der Waals surface area contributed by atoms with E-state index in [-0.39, 0.29) is 22.5 Å². The molecule has 1 aromatic rings. The number of benzene rings is 1. The zero-order valence-electron chi connectivity index (χ0n) is 10.9. The van der Waals surface area contributed by atoms with Crippen LogP contribution in [0.5, 0.6) is 0 Å². The molecule has 8 heteroatoms. The molecular weight excluding hydrogens is 268 g/mol. The number of esters is 1. The van der Waals surface area contributed by atoms with Gasteiger partial charge < -0.3 is 4.74 Å². The Balaban J connectivity index is 3.21. The first-order valence-corrected chi connectivity index (χ1v) is 5.53. The maximum atomic E-state index is 11.4. The Hall–Kier alpha value is -2.77. The van der Waals surface area contributed by atoms with Gasteiger partial charge in [-0.1, -0.05) is 6.58 Å². The van der Waals surface area contributed by atoms with Crippen LogP contribution in [0.15, 0.2) is 30.4 Å². The van der Waals surface area contributed by atoms with Crippen molar-refractivity contribution in [2.45, 2.75) is 20.0 Å². The summed E-state index contributed by atoms with van der Waals surface area (Å²) in [7, 11) is 0. The molecule has 0 spiro atoms. The van der Waals surface area contributed by atoms with Gasteiger partial charge in [0.2, 0.25) is 0 Å². The van der Waals surface area contributed by atoms with E-state index in [4.69, 9.17) is 4.74 Å². The zero-order valence-corrected chi connectivity index (χ0v) is 10.9. The lowest BCUT2D eigenvalue weighted by molar-refractivity contribution is -0.390. The van der Waals surface area contributed by atoms with Gasteiger partial charge >= 0.3 is 5.97 Å². The quantitative estimate of drug-likeness (QED) is 0.354. The first-order chi connectivity index (χ1) is 9.23. The van der Waals surface area contributed by atoms with Crippen LogP contribution < -0.4 is 0 Å². The minimum absolute atomic E-state index is 0.0428. The van der Waals surface area contributed by atoms with E-state index in [2.05, 4.69) is 6.58 Å². The van der Waals surface area contributed by atoms with E-state index >= 15 is 0 Å². The van der Waals surface area contributed by atoms with Crippen molar-refractivity contribution in [3.63, 3.8) is 0 Å². The van der Waals surface area contributed by atoms with E-state index in [0.29, 0.717) is 0 Å². The molecule has 0 N–H and O–H groups in total. The van der Waals surface area contributed by atoms with Crippen molar-refractivity contribution in [3.05, 3.63) is 56.1 Å². The minimum Gasteiger partial charge on any atom is -0.454 e. The molecule has 1 rings (SSSR count). The molecule has 1 aromatic carbocycles. The van der Waals surface area contributed by atoms with E-state index in [9.17, 15) is 25.0 Å². The summed E-state index contributed by atoms with van der Waals surface area (Å²) in [5.41, 5.74) is -0.579. The maximum Gasteiger partial charge on any atom is 0.333 e. The van der Waals surface area contributed by atoms with Gasteiger partial charge in [0.25, 0.3) is 11.4 Å². The van der Waals surface area contributed by atoms with Crippen molar-refractivity contribution in [2.24, 2.45) is 0 Å². The number of nitro benzene ring substituents is 2. The Morgan fingerprint density at radius 1 is 1.30 bits per heavy atom. The fourth-order valence-electron chi connectivity index (χ4n) is 1.47. The lowest BCUT2D eigenvalue weighted by atomic mass is 10.1. The van der Waals surface area contributed by atoms with Crippen molar-refractivity contribution >= 4 is 17.3 Å². The Bertz CT molecular complexity index is 596. The molecule has 8 nitrogen and oxygen atoms in total. The molecule has 0 aliphatic rings. The number of carbonyl (C=O) groups excluding carboxylic acids is 1. The summed E-state index contributed by atoms with van der Waals surface area (Å²) in [6.07, 6.45) is -1.00. The second kappa shape index (κ2) is 5.91. The summed E-state index contributed by atoms with van der Waals surface area (Å²) < 4.78 is 4.96. The normalized spacial score (nSPS) is 11.5. The predicted octanol–water partition coefficient (Wildman–Crippen LogP) is 2.68. The van der Waals surface area contributed by atoms with Crippen molar-refractivity contribution in [1.29, 1.82) is 0 Å². The smallest absolute Gasteiger partial charge is 0.333 e. The van der Waals surface area contributed by atoms with Crippen LogP contribution in [-0.2, 0) is 9.53 Å². The van der Waals surface area contributed by atoms with E-state index in [1.54, 1.807) is 0 Å². The Kier molecular flexibility index (Phi) is 4.52. The lowest BCUT2D eigenvalue weighted by Crippen LogP contribution is -2.11. The molecule has 106 valence electrons. The highest BCUT2D eigenvalue weighted by atomic mass is 16.6. The highest BCUT2D eigenvalue weighted by Gasteiger charge is 2.25. The predicted molar refractivity (Wildman–Crippen MR) is 69.1 cm³/mol. The molecule has 0 aliphatic carbocycles. The summed E-state index contributed by atoms with van der Waals surface area (Å²) in [5.74, 6) is -0.724. The Morgan fingerprint density at radius 3 is 2.35 bits per heavy atom. The van der Waals surface area contributed by atoms with Crippen LogP contribution >= 0.6 is 0 Å². The molecule has 1 atom stereocenters. The first kappa shape index (κ1) is 15.3. The van der Waals surface area contributed by atoms with Gasteiger partial charge in [0.05, 0.1) is 15.4 Å². The molecule has 0 aromatic heterocycles. The van der Waals surface area contributed by atoms with Crippen molar-refractivity contribution < 1.29 is 19.4 Å². The number of nitro groups is 2. The van der Waals surface area contributed by atoms with E-state index < -0.39 is 21.9 Å². The SMILES string of the molecule is C=C(C)C(=O)OC(C)c1cc([N+](=O)[O-])ccc1[N+](=O)[O-]. The average Bonchev–Trinajstić information content (AvgIpc) is 2.37. The van der Waals surface area contributed by atoms with Gasteiger partial charge in [-0.2, -0.15) is 0 Å². The van der Waals surface area contributed by atoms with Crippen LogP contribution in [0.1, 0.15) is 25.5 Å². The summed E-state index contributed by atoms with van der Waals surface area (Å²) >= 11 is 0. The van der Waals surface area contributed by atoms with Crippen LogP contribution in [0.3, 0.4) is 0 Å². The monoisotopic (exact) mass is 280 g/mol. The van der Waals surface area contributed by atoms with Gasteiger partial charge in [-0.25, -0.2) is 4.79 Å². The van der Waals surface area contributed by atoms with Crippen LogP contribution in [0.4, 0.5) is 11.4 Å². The maximum absolute atomic E-state index is 11.4. The van der Waals surface area contributed by atoms with Crippen molar-refractivity contribution in [2.75, 3.05) is 0 Å². The number of hydrogen-bond acceptors (Lipinski definition) is 6. The molecule has 0 fully saturated rings. The van der Waals surface area contributed by atoms with Gasteiger partial charge in [0.1, 0.15) is 6.10 Å². The Labute approximate surface area is 114 Å². The number of ether oxygens (including phenoxy) is 1. The van der Waals surface area contributed by atoms with Gasteiger partial charge in [-0.05, 0) is 13.8 Å². The van der Waals surface area contributed by atoms with Crippen molar-refractivity contribution in [1.82, 2.24) is 0 Å². The third-order valence-electron chi connectivity index (χ3n) is 2.49. The molecule has 0 aliphatic heterocycles. The molecule has 0 saturated carbocycles. The van der Waals surface area contributed by atoms with Crippen LogP contribution in [0.25, 0.3) is 0 Å². The number of hydrogen-bond donors (Lipinski definition) is 0. The molecule has 0 radical (unpaired) electrons. The van der Waals surface area contributed by atoms with Crippen molar-refractivity contribution in [3.8, 4) is 0 Å². The summed E-state index contributed by atoms with van der Waals surface area (Å²) in [6, 6.07) is 3.06. The summed E-state index contributed by atoms with van der Waals surface area (Å²) in [4.78, 5) is 31.6. The highest BCUT2D eigenvalue weighted by Crippen LogP contribution is 2.31. The molecule has 0 bridgehead atoms. The topological polar surface area (TPSA) is 113 Å². The van der Waals surface area contributed by atoms with E-state index in [1.165, 1.54) is 13.8 Å². The van der Waals surface area contributed by atoms with Crippen LogP contribution in [0, 0.1) is 20.2 Å². The largest absolute Gasteiger partial charge is 0.454 e. The average molecular weight is 280 g/mol. The van der Waals surface area contributed by atoms with Gasteiger partial charge in [-0.15, -0.1) is 0 Å². The second-order valence-corrected chi connectivity index (χ2v) is 4.09. The number of nitrogens with zero attached hydrogens (tertiary/aromatic N) is 2. The standard InChI is InChI=1S/C12H12N2O6/c1-7(2)12(15)20-8(3)10-6-9(13(16)17)4-5-11(10)14(18)19/h4-6,8H,1H2,2-3H3. The van der Waals surface area contributed by atoms with Gasteiger partial charge in [0.15, 0.2) is 0 Å². The molecule has 0 saturated heterocycles. The second-order valence-electron chi connectivity index (χ2n) is 4.09. The lowest BCUT2D eigenvalue weighted by Gasteiger charge is -2.13. The Morgan fingerprint density at radius 2 is 1.90 bits per heavy atom. The minimum atomic E-state index is -1.00. The summed E-state index contributed by atoms with van der Waals surface area (Å²) in [5, 5.41) is 21.6. The van der Waals surface area contributed by atoms with E-state index in [0.717, 1.165) is 18.2 Å². The number of rotatable bonds is 5. The highest BCUT2D eigenvalue weighted by molar-refractivity contribution is 5.87. The van der Waals surface area contributed by atoms with Gasteiger partial charge in [0, 0.05) is 23.8 Å². The third kappa shape index (κ3) is 3.37.